The molecule has 42 heavy (non-hydrogen) atoms. The van der Waals surface area contributed by atoms with Crippen LogP contribution in [-0.2, 0) is 6.54 Å². The number of likely N-dealkylation sites (tertiary alicyclic amines) is 1. The molecule has 0 spiro atoms. The highest BCUT2D eigenvalue weighted by Gasteiger charge is 2.30. The van der Waals surface area contributed by atoms with Gasteiger partial charge in [-0.2, -0.15) is 13.2 Å². The Morgan fingerprint density at radius 1 is 1.19 bits per heavy atom. The van der Waals surface area contributed by atoms with Crippen LogP contribution in [0.25, 0.3) is 11.0 Å². The lowest BCUT2D eigenvalue weighted by atomic mass is 9.93. The van der Waals surface area contributed by atoms with Crippen molar-refractivity contribution in [2.45, 2.75) is 39.0 Å². The number of alkyl halides is 3. The minimum absolute atomic E-state index is 0.0629. The van der Waals surface area contributed by atoms with Crippen molar-refractivity contribution >= 4 is 28.5 Å². The van der Waals surface area contributed by atoms with Crippen LogP contribution >= 0.6 is 0 Å². The number of ether oxygens (including phenoxy) is 1. The number of methoxy groups -OCH3 is 1. The van der Waals surface area contributed by atoms with E-state index >= 15 is 0 Å². The molecule has 3 aromatic rings. The van der Waals surface area contributed by atoms with E-state index in [1.54, 1.807) is 24.3 Å². The predicted molar refractivity (Wildman–Crippen MR) is 155 cm³/mol. The van der Waals surface area contributed by atoms with E-state index in [4.69, 9.17) is 4.74 Å². The molecule has 1 fully saturated rings. The maximum atomic E-state index is 13.5. The summed E-state index contributed by atoms with van der Waals surface area (Å²) in [5.41, 5.74) is 1.90. The van der Waals surface area contributed by atoms with Crippen LogP contribution in [0.15, 0.2) is 36.7 Å². The normalized spacial score (nSPS) is 17.3. The number of imidazole rings is 1. The smallest absolute Gasteiger partial charge is 0.406 e. The first-order valence-electron chi connectivity index (χ1n) is 13.7. The van der Waals surface area contributed by atoms with Crippen LogP contribution in [0.1, 0.15) is 46.5 Å². The number of rotatable bonds is 8. The van der Waals surface area contributed by atoms with Gasteiger partial charge in [-0.15, -0.1) is 0 Å². The average Bonchev–Trinajstić information content (AvgIpc) is 3.36. The molecule has 1 aliphatic heterocycles. The van der Waals surface area contributed by atoms with Gasteiger partial charge in [0.2, 0.25) is 0 Å². The molecule has 2 aromatic carbocycles. The Bertz CT molecular complexity index is 1510. The number of fused-ring (bicyclic) bond motifs is 1. The summed E-state index contributed by atoms with van der Waals surface area (Å²) in [5.74, 6) is 5.98. The van der Waals surface area contributed by atoms with Crippen molar-refractivity contribution in [2.75, 3.05) is 45.7 Å². The highest BCUT2D eigenvalue weighted by molar-refractivity contribution is 6.05. The van der Waals surface area contributed by atoms with Gasteiger partial charge in [0.05, 0.1) is 36.7 Å². The molecule has 12 heteroatoms. The van der Waals surface area contributed by atoms with E-state index in [-0.39, 0.29) is 41.0 Å². The minimum Gasteiger partial charge on any atom is -0.495 e. The fraction of sp³-hybridized carbons (Fsp3) is 0.433. The maximum absolute atomic E-state index is 13.5. The van der Waals surface area contributed by atoms with Gasteiger partial charge >= 0.3 is 6.18 Å². The second kappa shape index (κ2) is 13.2. The number of carbonyl (C=O) groups is 2. The Hall–Kier alpha value is -4.24. The lowest BCUT2D eigenvalue weighted by Crippen LogP contribution is -2.49. The summed E-state index contributed by atoms with van der Waals surface area (Å²) in [5, 5.41) is 8.75. The average molecular weight is 585 g/mol. The first-order valence-corrected chi connectivity index (χ1v) is 13.7. The van der Waals surface area contributed by atoms with Crippen molar-refractivity contribution in [1.29, 1.82) is 0 Å². The molecule has 224 valence electrons. The predicted octanol–water partition coefficient (Wildman–Crippen LogP) is 3.89. The number of halogens is 3. The molecule has 1 saturated heterocycles. The van der Waals surface area contributed by atoms with Crippen LogP contribution in [0, 0.1) is 17.8 Å². The molecular formula is C30H35F3N6O3. The quantitative estimate of drug-likeness (QED) is 0.348. The zero-order valence-electron chi connectivity index (χ0n) is 24.1. The van der Waals surface area contributed by atoms with E-state index in [2.05, 4.69) is 51.5 Å². The number of aromatic nitrogens is 2. The summed E-state index contributed by atoms with van der Waals surface area (Å²) in [6.07, 6.45) is -2.59. The van der Waals surface area contributed by atoms with Crippen LogP contribution in [0.3, 0.4) is 0 Å². The topological polar surface area (TPSA) is 101 Å². The largest absolute Gasteiger partial charge is 0.495 e. The number of hydrogen-bond donors (Lipinski definition) is 3. The van der Waals surface area contributed by atoms with E-state index in [1.807, 2.05) is 0 Å². The van der Waals surface area contributed by atoms with Crippen molar-refractivity contribution in [3.8, 4) is 17.6 Å². The third kappa shape index (κ3) is 7.33. The van der Waals surface area contributed by atoms with E-state index in [9.17, 15) is 22.8 Å². The van der Waals surface area contributed by atoms with Gasteiger partial charge in [-0.25, -0.2) is 4.98 Å². The molecule has 0 unspecified atom stereocenters. The van der Waals surface area contributed by atoms with E-state index in [0.29, 0.717) is 22.6 Å². The van der Waals surface area contributed by atoms with Crippen LogP contribution in [0.2, 0.25) is 0 Å². The SMILES string of the molecule is CCN1CC[C@H](NC(=O)c2cc(C#CCNc3cc(C(=O)NC)ccc3OC)cc3c2ncn3CC(F)(F)F)[C@@H](C)C1. The monoisotopic (exact) mass is 584 g/mol. The molecule has 9 nitrogen and oxygen atoms in total. The summed E-state index contributed by atoms with van der Waals surface area (Å²) in [4.78, 5) is 32.0. The first kappa shape index (κ1) is 30.7. The number of nitrogens with zero attached hydrogens (tertiary/aromatic N) is 3. The molecule has 3 N–H and O–H groups in total. The summed E-state index contributed by atoms with van der Waals surface area (Å²) in [7, 11) is 3.04. The molecule has 2 heterocycles. The molecule has 1 aliphatic rings. The Balaban J connectivity index is 1.61. The van der Waals surface area contributed by atoms with Crippen molar-refractivity contribution in [3.63, 3.8) is 0 Å². The summed E-state index contributed by atoms with van der Waals surface area (Å²) < 4.78 is 46.2. The molecule has 1 aromatic heterocycles. The minimum atomic E-state index is -4.47. The summed E-state index contributed by atoms with van der Waals surface area (Å²) in [6, 6.07) is 7.94. The van der Waals surface area contributed by atoms with Gasteiger partial charge in [0, 0.05) is 37.3 Å². The van der Waals surface area contributed by atoms with E-state index < -0.39 is 18.6 Å². The molecular weight excluding hydrogens is 549 g/mol. The second-order valence-corrected chi connectivity index (χ2v) is 10.3. The van der Waals surface area contributed by atoms with Gasteiger partial charge in [-0.1, -0.05) is 25.7 Å². The lowest BCUT2D eigenvalue weighted by Gasteiger charge is -2.36. The van der Waals surface area contributed by atoms with Crippen LogP contribution in [0.4, 0.5) is 18.9 Å². The zero-order chi connectivity index (χ0) is 30.4. The van der Waals surface area contributed by atoms with Crippen molar-refractivity contribution in [1.82, 2.24) is 25.1 Å². The Morgan fingerprint density at radius 3 is 2.64 bits per heavy atom. The molecule has 0 saturated carbocycles. The molecule has 2 atom stereocenters. The second-order valence-electron chi connectivity index (χ2n) is 10.3. The Kier molecular flexibility index (Phi) is 9.63. The standard InChI is InChI=1S/C30H35F3N6O3/c1-5-38-12-10-23(19(2)16-38)37-29(41)22-13-20(14-25-27(22)36-18-39(25)17-30(31,32)33)7-6-11-35-24-15-21(28(40)34-3)8-9-26(24)42-4/h8-9,13-15,18-19,23,35H,5,10-12,16-17H2,1-4H3,(H,34,40)(H,37,41)/t19-,23-/m0/s1. The number of carbonyl (C=O) groups excluding carboxylic acids is 2. The van der Waals surface area contributed by atoms with Gasteiger partial charge in [-0.3, -0.25) is 9.59 Å². The summed E-state index contributed by atoms with van der Waals surface area (Å²) >= 11 is 0. The van der Waals surface area contributed by atoms with Crippen LogP contribution in [-0.4, -0.2) is 78.8 Å². The van der Waals surface area contributed by atoms with Gasteiger partial charge in [0.1, 0.15) is 17.8 Å². The first-order chi connectivity index (χ1) is 20.0. The fourth-order valence-corrected chi connectivity index (χ4v) is 5.12. The Morgan fingerprint density at radius 2 is 1.98 bits per heavy atom. The highest BCUT2D eigenvalue weighted by atomic mass is 19.4. The number of piperidine rings is 1. The lowest BCUT2D eigenvalue weighted by molar-refractivity contribution is -0.139. The zero-order valence-corrected chi connectivity index (χ0v) is 24.1. The van der Waals surface area contributed by atoms with E-state index in [0.717, 1.165) is 36.9 Å². The van der Waals surface area contributed by atoms with Crippen molar-refractivity contribution < 1.29 is 27.5 Å². The Labute approximate surface area is 242 Å². The molecule has 0 bridgehead atoms. The summed E-state index contributed by atoms with van der Waals surface area (Å²) in [6.45, 7) is 5.72. The van der Waals surface area contributed by atoms with Crippen molar-refractivity contribution in [2.24, 2.45) is 5.92 Å². The van der Waals surface area contributed by atoms with Crippen LogP contribution in [0.5, 0.6) is 5.75 Å². The van der Waals surface area contributed by atoms with Gasteiger partial charge in [0.15, 0.2) is 0 Å². The third-order valence-corrected chi connectivity index (χ3v) is 7.36. The fourth-order valence-electron chi connectivity index (χ4n) is 5.12. The number of anilines is 1. The molecule has 0 aliphatic carbocycles. The van der Waals surface area contributed by atoms with Gasteiger partial charge in [-0.05, 0) is 49.2 Å². The van der Waals surface area contributed by atoms with Crippen LogP contribution < -0.4 is 20.7 Å². The number of amides is 2. The number of hydrogen-bond acceptors (Lipinski definition) is 6. The number of benzene rings is 2. The van der Waals surface area contributed by atoms with Gasteiger partial charge in [0.25, 0.3) is 11.8 Å². The molecule has 2 amide bonds. The third-order valence-electron chi connectivity index (χ3n) is 7.36. The maximum Gasteiger partial charge on any atom is 0.406 e. The van der Waals surface area contributed by atoms with Crippen molar-refractivity contribution in [3.05, 3.63) is 53.3 Å². The number of nitrogens with one attached hydrogen (secondary N) is 3. The molecule has 0 radical (unpaired) electrons. The van der Waals surface area contributed by atoms with E-state index in [1.165, 1.54) is 20.2 Å². The highest BCUT2D eigenvalue weighted by Crippen LogP contribution is 2.27. The molecule has 4 rings (SSSR count). The van der Waals surface area contributed by atoms with Gasteiger partial charge < -0.3 is 30.2 Å².